The van der Waals surface area contributed by atoms with E-state index in [1.54, 1.807) is 0 Å². The van der Waals surface area contributed by atoms with Crippen molar-refractivity contribution in [3.05, 3.63) is 80.1 Å². The number of nitrogens with one attached hydrogen (secondary N) is 1. The number of carbonyl (C=O) groups excluding carboxylic acids is 2. The summed E-state index contributed by atoms with van der Waals surface area (Å²) in [5, 5.41) is 4.89. The van der Waals surface area contributed by atoms with Crippen LogP contribution in [-0.2, 0) is 0 Å². The van der Waals surface area contributed by atoms with Gasteiger partial charge in [0.25, 0.3) is 11.8 Å². The second kappa shape index (κ2) is 8.96. The highest BCUT2D eigenvalue weighted by atomic mass is 127. The molecule has 148 valence electrons. The molecule has 0 aliphatic carbocycles. The summed E-state index contributed by atoms with van der Waals surface area (Å²) < 4.78 is 0.925. The van der Waals surface area contributed by atoms with Crippen LogP contribution in [-0.4, -0.2) is 42.9 Å². The topological polar surface area (TPSA) is 52.7 Å². The summed E-state index contributed by atoms with van der Waals surface area (Å²) in [5.41, 5.74) is 2.54. The van der Waals surface area contributed by atoms with Gasteiger partial charge in [0.05, 0.1) is 10.4 Å². The van der Waals surface area contributed by atoms with Crippen molar-refractivity contribution in [3.63, 3.8) is 0 Å². The molecule has 1 saturated heterocycles. The van der Waals surface area contributed by atoms with Gasteiger partial charge in [0, 0.05) is 41.1 Å². The number of halogens is 1. The molecule has 2 heterocycles. The standard InChI is InChI=1S/C22H20IN3O2S/c23-19-5-2-1-4-18(19)21(27)24-16-7-9-17(10-8-16)25-11-13-26(14-12-25)22(28)20-6-3-15-29-20/h1-10,15H,11-14H2,(H,24,27). The van der Waals surface area contributed by atoms with E-state index in [1.165, 1.54) is 11.3 Å². The Balaban J connectivity index is 1.35. The molecule has 3 aromatic rings. The van der Waals surface area contributed by atoms with Crippen LogP contribution >= 0.6 is 33.9 Å². The minimum absolute atomic E-state index is 0.108. The Morgan fingerprint density at radius 2 is 1.62 bits per heavy atom. The number of hydrogen-bond donors (Lipinski definition) is 1. The number of amides is 2. The van der Waals surface area contributed by atoms with Crippen molar-refractivity contribution in [2.45, 2.75) is 0 Å². The van der Waals surface area contributed by atoms with E-state index in [-0.39, 0.29) is 11.8 Å². The highest BCUT2D eigenvalue weighted by Crippen LogP contribution is 2.22. The average Bonchev–Trinajstić information content (AvgIpc) is 3.29. The molecule has 1 N–H and O–H groups in total. The van der Waals surface area contributed by atoms with Gasteiger partial charge in [-0.3, -0.25) is 9.59 Å². The lowest BCUT2D eigenvalue weighted by Crippen LogP contribution is -2.48. The van der Waals surface area contributed by atoms with Crippen molar-refractivity contribution in [1.82, 2.24) is 4.90 Å². The van der Waals surface area contributed by atoms with Crippen LogP contribution in [0.1, 0.15) is 20.0 Å². The summed E-state index contributed by atoms with van der Waals surface area (Å²) in [5.74, 6) is 0.0108. The molecule has 1 aliphatic rings. The summed E-state index contributed by atoms with van der Waals surface area (Å²) in [4.78, 5) is 29.9. The van der Waals surface area contributed by atoms with E-state index in [9.17, 15) is 9.59 Å². The molecule has 0 saturated carbocycles. The van der Waals surface area contributed by atoms with Gasteiger partial charge in [0.1, 0.15) is 0 Å². The van der Waals surface area contributed by atoms with Crippen molar-refractivity contribution in [2.75, 3.05) is 36.4 Å². The first kappa shape index (κ1) is 19.9. The zero-order valence-corrected chi connectivity index (χ0v) is 18.7. The van der Waals surface area contributed by atoms with Gasteiger partial charge < -0.3 is 15.1 Å². The van der Waals surface area contributed by atoms with Crippen LogP contribution in [0.4, 0.5) is 11.4 Å². The number of anilines is 2. The third-order valence-corrected chi connectivity index (χ3v) is 6.71. The minimum atomic E-state index is -0.108. The van der Waals surface area contributed by atoms with Gasteiger partial charge in [-0.2, -0.15) is 0 Å². The minimum Gasteiger partial charge on any atom is -0.368 e. The number of rotatable bonds is 4. The molecular formula is C22H20IN3O2S. The number of thiophene rings is 1. The van der Waals surface area contributed by atoms with Crippen LogP contribution in [0.3, 0.4) is 0 Å². The Morgan fingerprint density at radius 3 is 2.28 bits per heavy atom. The zero-order chi connectivity index (χ0) is 20.2. The first-order valence-electron chi connectivity index (χ1n) is 9.35. The predicted octanol–water partition coefficient (Wildman–Crippen LogP) is 4.57. The van der Waals surface area contributed by atoms with Gasteiger partial charge in [-0.05, 0) is 70.4 Å². The molecule has 0 unspecified atom stereocenters. The molecule has 2 amide bonds. The lowest BCUT2D eigenvalue weighted by Gasteiger charge is -2.36. The van der Waals surface area contributed by atoms with Crippen LogP contribution in [0.2, 0.25) is 0 Å². The van der Waals surface area contributed by atoms with E-state index in [1.807, 2.05) is 70.9 Å². The van der Waals surface area contributed by atoms with Gasteiger partial charge >= 0.3 is 0 Å². The second-order valence-electron chi connectivity index (χ2n) is 6.74. The monoisotopic (exact) mass is 517 g/mol. The fraction of sp³-hybridized carbons (Fsp3) is 0.182. The van der Waals surface area contributed by atoms with Gasteiger partial charge in [-0.25, -0.2) is 0 Å². The Hall–Kier alpha value is -2.39. The van der Waals surface area contributed by atoms with E-state index in [4.69, 9.17) is 0 Å². The van der Waals surface area contributed by atoms with E-state index >= 15 is 0 Å². The molecular weight excluding hydrogens is 497 g/mol. The van der Waals surface area contributed by atoms with E-state index in [2.05, 4.69) is 32.8 Å². The summed E-state index contributed by atoms with van der Waals surface area (Å²) >= 11 is 3.66. The normalized spacial score (nSPS) is 14.0. The lowest BCUT2D eigenvalue weighted by atomic mass is 10.2. The molecule has 0 bridgehead atoms. The third-order valence-electron chi connectivity index (χ3n) is 4.91. The van der Waals surface area contributed by atoms with Gasteiger partial charge in [-0.1, -0.05) is 18.2 Å². The SMILES string of the molecule is O=C(Nc1ccc(N2CCN(C(=O)c3cccs3)CC2)cc1)c1ccccc1I. The summed E-state index contributed by atoms with van der Waals surface area (Å²) in [6, 6.07) is 19.2. The smallest absolute Gasteiger partial charge is 0.264 e. The van der Waals surface area contributed by atoms with Crippen LogP contribution in [0.15, 0.2) is 66.0 Å². The molecule has 1 aromatic heterocycles. The van der Waals surface area contributed by atoms with Gasteiger partial charge in [0.15, 0.2) is 0 Å². The Morgan fingerprint density at radius 1 is 0.897 bits per heavy atom. The maximum atomic E-state index is 12.5. The molecule has 4 rings (SSSR count). The van der Waals surface area contributed by atoms with Crippen molar-refractivity contribution in [1.29, 1.82) is 0 Å². The Bertz CT molecular complexity index is 997. The third kappa shape index (κ3) is 4.62. The summed E-state index contributed by atoms with van der Waals surface area (Å²) in [7, 11) is 0. The van der Waals surface area contributed by atoms with E-state index < -0.39 is 0 Å². The number of carbonyl (C=O) groups is 2. The van der Waals surface area contributed by atoms with Gasteiger partial charge in [0.2, 0.25) is 0 Å². The first-order valence-corrected chi connectivity index (χ1v) is 11.3. The van der Waals surface area contributed by atoms with Crippen molar-refractivity contribution in [2.24, 2.45) is 0 Å². The van der Waals surface area contributed by atoms with Crippen molar-refractivity contribution in [3.8, 4) is 0 Å². The van der Waals surface area contributed by atoms with Crippen LogP contribution in [0.25, 0.3) is 0 Å². The Kier molecular flexibility index (Phi) is 6.15. The molecule has 1 fully saturated rings. The highest BCUT2D eigenvalue weighted by molar-refractivity contribution is 14.1. The van der Waals surface area contributed by atoms with Crippen LogP contribution < -0.4 is 10.2 Å². The number of piperazine rings is 1. The molecule has 7 heteroatoms. The van der Waals surface area contributed by atoms with E-state index in [0.717, 1.165) is 32.9 Å². The fourth-order valence-electron chi connectivity index (χ4n) is 3.32. The first-order chi connectivity index (χ1) is 14.1. The quantitative estimate of drug-likeness (QED) is 0.517. The highest BCUT2D eigenvalue weighted by Gasteiger charge is 2.22. The number of hydrogen-bond acceptors (Lipinski definition) is 4. The number of nitrogens with zero attached hydrogens (tertiary/aromatic N) is 2. The molecule has 0 atom stereocenters. The molecule has 0 spiro atoms. The van der Waals surface area contributed by atoms with Crippen molar-refractivity contribution >= 4 is 57.1 Å². The summed E-state index contributed by atoms with van der Waals surface area (Å²) in [6.45, 7) is 3.01. The largest absolute Gasteiger partial charge is 0.368 e. The maximum Gasteiger partial charge on any atom is 0.264 e. The Labute approximate surface area is 187 Å². The van der Waals surface area contributed by atoms with E-state index in [0.29, 0.717) is 18.7 Å². The maximum absolute atomic E-state index is 12.5. The van der Waals surface area contributed by atoms with Crippen molar-refractivity contribution < 1.29 is 9.59 Å². The molecule has 2 aromatic carbocycles. The lowest BCUT2D eigenvalue weighted by molar-refractivity contribution is 0.0751. The average molecular weight is 517 g/mol. The predicted molar refractivity (Wildman–Crippen MR) is 126 cm³/mol. The number of benzene rings is 2. The summed E-state index contributed by atoms with van der Waals surface area (Å²) in [6.07, 6.45) is 0. The van der Waals surface area contributed by atoms with Gasteiger partial charge in [-0.15, -0.1) is 11.3 Å². The molecule has 1 aliphatic heterocycles. The fourth-order valence-corrected chi connectivity index (χ4v) is 4.65. The molecule has 0 radical (unpaired) electrons. The second-order valence-corrected chi connectivity index (χ2v) is 8.85. The van der Waals surface area contributed by atoms with Crippen LogP contribution in [0.5, 0.6) is 0 Å². The zero-order valence-electron chi connectivity index (χ0n) is 15.7. The molecule has 5 nitrogen and oxygen atoms in total. The molecule has 29 heavy (non-hydrogen) atoms. The van der Waals surface area contributed by atoms with Crippen LogP contribution in [0, 0.1) is 3.57 Å².